The molecule has 0 bridgehead atoms. The number of benzene rings is 2. The smallest absolute Gasteiger partial charge is 0.248 e. The van der Waals surface area contributed by atoms with Crippen LogP contribution in [0.25, 0.3) is 0 Å². The molecular formula is C108H176F6O10S2. The van der Waals surface area contributed by atoms with Crippen LogP contribution in [0.4, 0.5) is 26.3 Å². The monoisotopic (exact) mass is 1810 g/mol. The third-order valence-corrected chi connectivity index (χ3v) is 42.8. The van der Waals surface area contributed by atoms with E-state index in [1.807, 2.05) is 18.2 Å². The van der Waals surface area contributed by atoms with Crippen LogP contribution in [0.5, 0.6) is 0 Å². The van der Waals surface area contributed by atoms with E-state index in [2.05, 4.69) is 80.5 Å². The van der Waals surface area contributed by atoms with Gasteiger partial charge in [-0.1, -0.05) is 178 Å². The largest absolute Gasteiger partial charge is 0.390 e. The van der Waals surface area contributed by atoms with Crippen molar-refractivity contribution in [2.75, 3.05) is 12.4 Å². The Balaban J connectivity index is 0.000000199. The third kappa shape index (κ3) is 21.6. The second kappa shape index (κ2) is 40.1. The molecule has 722 valence electrons. The number of epoxide rings is 1. The molecule has 0 radical (unpaired) electrons. The number of rotatable bonds is 17. The lowest BCUT2D eigenvalue weighted by Gasteiger charge is -2.55. The minimum atomic E-state index is -3.80. The molecule has 18 rings (SSSR count). The van der Waals surface area contributed by atoms with Crippen LogP contribution in [0, 0.1) is 123 Å². The van der Waals surface area contributed by atoms with Gasteiger partial charge in [-0.15, -0.1) is 0 Å². The van der Waals surface area contributed by atoms with Gasteiger partial charge in [0.15, 0.2) is 19.7 Å². The second-order valence-electron chi connectivity index (χ2n) is 44.8. The van der Waals surface area contributed by atoms with Crippen molar-refractivity contribution < 1.29 is 73.4 Å². The standard InChI is InChI=1S/C36H52F2O4S.C30H48F2O2.C29H42O3S.C7H10F2O.6CH4/c1-4-34(39)17-15-27-25(22-34)10-11-29-28(27)14-16-33(3)30(12-13-31(29)33)24(2)32(43(41,42)26-8-6-5-7-9-26)23-35(40)18-20-36(37,38)21-19-35;1-4-28(33)14-11-22-21(19-28)5-6-24-23(22)10-12-27(3)25(7-8-26(24)27)20(2)9-13-29(34)15-17-30(31,32)18-16-29;1-4-29(30)17-15-23-21(18-29)10-11-25-24(23)14-16-28(3)26(12-13-27(25)28)20(2)19-33(31,32)22-8-6-5-7-9-22;8-7(9)3-1-6(2-4-7)5-10-6;;;;;;/h5-10,24,27-32,39-40H,4,11-23H2,1-3H3;5,20,22-26,33-34H,4,6-19H2,1-3H3;5-10,20,23-27,30H,4,11-19H2,1-3H3;1-5H2;6*1H4/t24-,27-,28+,29+,30+,31-,32?,33+,34-;20-,22+,23-,24-,25-,26+,27-,28+;20-,23+,24-,25-,26-,27+,28-,29+;;;;;;;/m011......./s1. The fourth-order valence-electron chi connectivity index (χ4n) is 30.8. The highest BCUT2D eigenvalue weighted by atomic mass is 32.2. The Morgan fingerprint density at radius 3 is 1.09 bits per heavy atom. The molecule has 5 N–H and O–H groups in total. The fraction of sp³-hybridized carbons (Fsp3) is 0.833. The van der Waals surface area contributed by atoms with Crippen molar-refractivity contribution >= 4 is 19.7 Å². The highest BCUT2D eigenvalue weighted by Crippen LogP contribution is 2.70. The summed E-state index contributed by atoms with van der Waals surface area (Å²) < 4.78 is 140. The highest BCUT2D eigenvalue weighted by Gasteiger charge is 2.63. The Hall–Kier alpha value is -3.10. The van der Waals surface area contributed by atoms with E-state index < -0.39 is 83.5 Å². The summed E-state index contributed by atoms with van der Waals surface area (Å²) in [6.07, 6.45) is 38.8. The van der Waals surface area contributed by atoms with Crippen LogP contribution in [0.15, 0.2) is 105 Å². The van der Waals surface area contributed by atoms with Gasteiger partial charge in [0.25, 0.3) is 0 Å². The molecule has 2 aromatic rings. The zero-order valence-corrected chi connectivity index (χ0v) is 76.1. The maximum Gasteiger partial charge on any atom is 0.248 e. The molecule has 0 amide bonds. The first-order valence-corrected chi connectivity index (χ1v) is 51.7. The van der Waals surface area contributed by atoms with Crippen LogP contribution in [0.1, 0.15) is 377 Å². The number of alkyl halides is 6. The average Bonchev–Trinajstić information content (AvgIpc) is 1.52. The molecule has 16 aliphatic rings. The van der Waals surface area contributed by atoms with Crippen molar-refractivity contribution in [1.29, 1.82) is 0 Å². The SMILES string of the molecule is C.C.C.C.C.C.CC[C@]1(O)CC[C@H]2C(=CC[C@@H]3[C@@H]2CC[C@]2(C)[C@@H]([C@H](C)C(CC4(O)CCC(F)(F)CC4)S(=O)(=O)c4ccccc4)CC[C@@H]32)C1.CC[C@]1(O)CC[C@H]2C(=CC[C@@H]3[C@@H]2CC[C@]2(C)[C@@H]([C@H](C)CCC4(O)CCC(F)(F)CC4)CC[C@@H]32)C1.CC[C@]1(O)CC[C@H]2C(=CC[C@@H]3[C@@H]2CC[C@]2(C)[C@@H]([C@H](C)CS(=O)(=O)c4ccccc4)CC[C@@H]32)C1.FC1(F)CCC2(CC1)CO2. The third-order valence-electron chi connectivity index (χ3n) is 38.5. The van der Waals surface area contributed by atoms with Gasteiger partial charge < -0.3 is 30.3 Å². The van der Waals surface area contributed by atoms with Crippen LogP contribution in [0.3, 0.4) is 0 Å². The number of hydrogen-bond donors (Lipinski definition) is 5. The van der Waals surface area contributed by atoms with Crippen LogP contribution in [-0.2, 0) is 24.4 Å². The van der Waals surface area contributed by atoms with E-state index in [1.165, 1.54) is 69.8 Å². The Bertz CT molecular complexity index is 4190. The summed E-state index contributed by atoms with van der Waals surface area (Å²) in [4.78, 5) is 0.726. The summed E-state index contributed by atoms with van der Waals surface area (Å²) in [5.41, 5.74) is 1.38. The summed E-state index contributed by atoms with van der Waals surface area (Å²) in [6.45, 7) is 21.1. The average molecular weight is 1810 g/mol. The lowest BCUT2D eigenvalue weighted by molar-refractivity contribution is -0.109. The topological polar surface area (TPSA) is 182 Å². The molecule has 2 aromatic carbocycles. The van der Waals surface area contributed by atoms with Gasteiger partial charge in [-0.05, 0) is 378 Å². The molecule has 13 fully saturated rings. The van der Waals surface area contributed by atoms with Crippen molar-refractivity contribution in [3.63, 3.8) is 0 Å². The van der Waals surface area contributed by atoms with Gasteiger partial charge in [-0.25, -0.2) is 43.2 Å². The minimum absolute atomic E-state index is 0. The number of aliphatic hydroxyl groups is 5. The van der Waals surface area contributed by atoms with E-state index in [4.69, 9.17) is 4.74 Å². The summed E-state index contributed by atoms with van der Waals surface area (Å²) in [7, 11) is -7.05. The van der Waals surface area contributed by atoms with E-state index in [0.717, 1.165) is 145 Å². The Kier molecular flexibility index (Phi) is 33.9. The summed E-state index contributed by atoms with van der Waals surface area (Å²) in [6, 6.07) is 17.5. The van der Waals surface area contributed by atoms with Gasteiger partial charge in [0.1, 0.15) is 0 Å². The minimum Gasteiger partial charge on any atom is -0.390 e. The molecule has 12 saturated carbocycles. The van der Waals surface area contributed by atoms with Gasteiger partial charge in [0, 0.05) is 38.5 Å². The molecule has 15 aliphatic carbocycles. The Morgan fingerprint density at radius 2 is 0.722 bits per heavy atom. The van der Waals surface area contributed by atoms with Crippen LogP contribution in [-0.4, -0.2) is 111 Å². The molecular weight excluding hydrogens is 1640 g/mol. The first-order valence-electron chi connectivity index (χ1n) is 48.5. The molecule has 1 saturated heterocycles. The molecule has 10 nitrogen and oxygen atoms in total. The van der Waals surface area contributed by atoms with E-state index in [9.17, 15) is 68.7 Å². The van der Waals surface area contributed by atoms with E-state index in [0.29, 0.717) is 95.4 Å². The summed E-state index contributed by atoms with van der Waals surface area (Å²) in [5.74, 6) is 2.70. The van der Waals surface area contributed by atoms with Crippen LogP contribution >= 0.6 is 0 Å². The van der Waals surface area contributed by atoms with E-state index in [1.54, 1.807) is 53.6 Å². The van der Waals surface area contributed by atoms with Gasteiger partial charge in [0.2, 0.25) is 17.8 Å². The lowest BCUT2D eigenvalue weighted by atomic mass is 9.50. The van der Waals surface area contributed by atoms with E-state index in [-0.39, 0.29) is 147 Å². The molecule has 126 heavy (non-hydrogen) atoms. The van der Waals surface area contributed by atoms with Crippen molar-refractivity contribution in [2.45, 2.75) is 443 Å². The van der Waals surface area contributed by atoms with Crippen molar-refractivity contribution in [3.8, 4) is 0 Å². The zero-order valence-electron chi connectivity index (χ0n) is 74.4. The molecule has 1 aliphatic heterocycles. The first kappa shape index (κ1) is 107. The number of allylic oxidation sites excluding steroid dienone is 3. The normalized spacial score (nSPS) is 39.7. The van der Waals surface area contributed by atoms with Gasteiger partial charge in [-0.3, -0.25) is 0 Å². The number of fused-ring (bicyclic) bond motifs is 15. The van der Waals surface area contributed by atoms with Crippen LogP contribution < -0.4 is 0 Å². The summed E-state index contributed by atoms with van der Waals surface area (Å²) in [5, 5.41) is 54.5. The predicted molar refractivity (Wildman–Crippen MR) is 504 cm³/mol. The predicted octanol–water partition coefficient (Wildman–Crippen LogP) is 28.0. The Morgan fingerprint density at radius 1 is 0.389 bits per heavy atom. The number of sulfone groups is 2. The Labute approximate surface area is 762 Å². The maximum atomic E-state index is 14.3. The van der Waals surface area contributed by atoms with Gasteiger partial charge in [0.05, 0.1) is 61.0 Å². The summed E-state index contributed by atoms with van der Waals surface area (Å²) >= 11 is 0. The molecule has 0 aromatic heterocycles. The number of ether oxygens (including phenoxy) is 1. The zero-order chi connectivity index (χ0) is 85.9. The van der Waals surface area contributed by atoms with E-state index >= 15 is 0 Å². The van der Waals surface area contributed by atoms with Crippen molar-refractivity contribution in [3.05, 3.63) is 95.6 Å². The van der Waals surface area contributed by atoms with Gasteiger partial charge in [-0.2, -0.15) is 0 Å². The van der Waals surface area contributed by atoms with Crippen molar-refractivity contribution in [1.82, 2.24) is 0 Å². The molecule has 18 heteroatoms. The lowest BCUT2D eigenvalue weighted by Crippen LogP contribution is -2.50. The first-order chi connectivity index (χ1) is 56.5. The number of hydrogen-bond acceptors (Lipinski definition) is 10. The van der Waals surface area contributed by atoms with Crippen LogP contribution in [0.2, 0.25) is 0 Å². The molecule has 25 atom stereocenters. The fourth-order valence-corrected chi connectivity index (χ4v) is 34.7. The van der Waals surface area contributed by atoms with Gasteiger partial charge >= 0.3 is 0 Å². The quantitative estimate of drug-likeness (QED) is 0.0581. The second-order valence-corrected chi connectivity index (χ2v) is 49.0. The molecule has 1 spiro atoms. The van der Waals surface area contributed by atoms with Crippen molar-refractivity contribution in [2.24, 2.45) is 123 Å². The molecule has 1 heterocycles. The maximum absolute atomic E-state index is 14.3. The molecule has 1 unspecified atom stereocenters. The number of halogens is 6. The highest BCUT2D eigenvalue weighted by molar-refractivity contribution is 7.92.